The number of hydrogen-bond acceptors (Lipinski definition) is 2. The van der Waals surface area contributed by atoms with E-state index in [1.807, 2.05) is 30.3 Å². The first-order chi connectivity index (χ1) is 14.4. The number of aromatic nitrogens is 1. The molecule has 30 heavy (non-hydrogen) atoms. The summed E-state index contributed by atoms with van der Waals surface area (Å²) in [5.74, 6) is 4.00. The summed E-state index contributed by atoms with van der Waals surface area (Å²) in [4.78, 5) is 4.46. The van der Waals surface area contributed by atoms with E-state index in [0.717, 1.165) is 18.4 Å². The fourth-order valence-electron chi connectivity index (χ4n) is 3.47. The minimum atomic E-state index is -0.369. The van der Waals surface area contributed by atoms with Gasteiger partial charge in [0.05, 0.1) is 5.41 Å². The van der Waals surface area contributed by atoms with Crippen LogP contribution in [0.15, 0.2) is 66.7 Å². The van der Waals surface area contributed by atoms with Gasteiger partial charge in [0.1, 0.15) is 11.6 Å². The second-order valence-electron chi connectivity index (χ2n) is 8.14. The van der Waals surface area contributed by atoms with Crippen molar-refractivity contribution >= 4 is 0 Å². The Labute approximate surface area is 179 Å². The molecule has 1 aromatic heterocycles. The molecule has 0 radical (unpaired) electrons. The van der Waals surface area contributed by atoms with Gasteiger partial charge in [0.2, 0.25) is 5.88 Å². The van der Waals surface area contributed by atoms with Crippen LogP contribution in [-0.4, -0.2) is 4.98 Å². The highest BCUT2D eigenvalue weighted by molar-refractivity contribution is 5.36. The maximum absolute atomic E-state index is 14.1. The van der Waals surface area contributed by atoms with Crippen LogP contribution in [0, 0.1) is 18.2 Å². The zero-order valence-electron chi connectivity index (χ0n) is 17.9. The van der Waals surface area contributed by atoms with Crippen molar-refractivity contribution in [3.05, 3.63) is 89.4 Å². The van der Waals surface area contributed by atoms with Crippen LogP contribution < -0.4 is 4.74 Å². The van der Waals surface area contributed by atoms with Crippen LogP contribution in [0.5, 0.6) is 11.6 Å². The van der Waals surface area contributed by atoms with Gasteiger partial charge in [0.15, 0.2) is 0 Å². The number of para-hydroxylation sites is 1. The third kappa shape index (κ3) is 5.48. The van der Waals surface area contributed by atoms with Gasteiger partial charge in [-0.3, -0.25) is 0 Å². The van der Waals surface area contributed by atoms with E-state index in [0.29, 0.717) is 23.8 Å². The van der Waals surface area contributed by atoms with E-state index in [-0.39, 0.29) is 17.1 Å². The van der Waals surface area contributed by atoms with Crippen LogP contribution in [0.2, 0.25) is 0 Å². The first-order valence-corrected chi connectivity index (χ1v) is 10.4. The molecule has 3 rings (SSSR count). The number of nitrogens with zero attached hydrogens (tertiary/aromatic N) is 1. The zero-order valence-corrected chi connectivity index (χ0v) is 17.9. The van der Waals surface area contributed by atoms with Crippen LogP contribution in [0.1, 0.15) is 56.4 Å². The van der Waals surface area contributed by atoms with Crippen molar-refractivity contribution in [1.82, 2.24) is 4.98 Å². The molecule has 0 saturated carbocycles. The molecule has 2 nitrogen and oxygen atoms in total. The zero-order chi connectivity index (χ0) is 21.6. The van der Waals surface area contributed by atoms with Gasteiger partial charge >= 0.3 is 0 Å². The minimum absolute atomic E-state index is 0.264. The van der Waals surface area contributed by atoms with E-state index in [1.54, 1.807) is 0 Å². The molecule has 2 aromatic carbocycles. The molecule has 0 aliphatic heterocycles. The maximum atomic E-state index is 14.1. The van der Waals surface area contributed by atoms with Crippen molar-refractivity contribution in [2.24, 2.45) is 0 Å². The fraction of sp³-hybridized carbons (Fsp3) is 0.296. The Morgan fingerprint density at radius 1 is 1.07 bits per heavy atom. The Morgan fingerprint density at radius 2 is 1.77 bits per heavy atom. The van der Waals surface area contributed by atoms with Crippen molar-refractivity contribution < 1.29 is 9.13 Å². The lowest BCUT2D eigenvalue weighted by Gasteiger charge is -2.25. The number of aryl methyl sites for hydroxylation is 1. The van der Waals surface area contributed by atoms with Crippen LogP contribution in [0.25, 0.3) is 0 Å². The van der Waals surface area contributed by atoms with Crippen molar-refractivity contribution in [3.63, 3.8) is 0 Å². The Balaban J connectivity index is 1.66. The van der Waals surface area contributed by atoms with E-state index < -0.39 is 0 Å². The average Bonchev–Trinajstić information content (AvgIpc) is 2.74. The highest BCUT2D eigenvalue weighted by atomic mass is 19.1. The molecule has 0 aliphatic carbocycles. The monoisotopic (exact) mass is 401 g/mol. The molecule has 3 heteroatoms. The summed E-state index contributed by atoms with van der Waals surface area (Å²) in [6.45, 7) is 6.44. The van der Waals surface area contributed by atoms with Gasteiger partial charge in [-0.15, -0.1) is 6.42 Å². The summed E-state index contributed by atoms with van der Waals surface area (Å²) in [6, 6.07) is 20.6. The lowest BCUT2D eigenvalue weighted by molar-refractivity contribution is 0.452. The van der Waals surface area contributed by atoms with Crippen molar-refractivity contribution in [2.45, 2.75) is 51.4 Å². The molecule has 3 aromatic rings. The molecule has 0 saturated heterocycles. The Hall–Kier alpha value is -3.12. The van der Waals surface area contributed by atoms with Crippen LogP contribution in [0.4, 0.5) is 4.39 Å². The number of benzene rings is 2. The number of terminal acetylenes is 1. The third-order valence-corrected chi connectivity index (χ3v) is 5.43. The second-order valence-corrected chi connectivity index (χ2v) is 8.14. The molecule has 154 valence electrons. The number of hydrogen-bond donors (Lipinski definition) is 0. The molecular weight excluding hydrogens is 373 g/mol. The topological polar surface area (TPSA) is 22.1 Å². The summed E-state index contributed by atoms with van der Waals surface area (Å²) in [7, 11) is 0. The number of ether oxygens (including phenoxy) is 1. The first-order valence-electron chi connectivity index (χ1n) is 10.4. The normalized spacial score (nSPS) is 12.9. The van der Waals surface area contributed by atoms with Crippen LogP contribution >= 0.6 is 0 Å². The van der Waals surface area contributed by atoms with Crippen LogP contribution in [0.3, 0.4) is 0 Å². The first kappa shape index (κ1) is 21.6. The van der Waals surface area contributed by atoms with Crippen LogP contribution in [-0.2, 0) is 11.8 Å². The summed E-state index contributed by atoms with van der Waals surface area (Å²) >= 11 is 0. The van der Waals surface area contributed by atoms with Crippen molar-refractivity contribution in [2.75, 3.05) is 0 Å². The second kappa shape index (κ2) is 9.59. The van der Waals surface area contributed by atoms with Gasteiger partial charge < -0.3 is 4.74 Å². The smallest absolute Gasteiger partial charge is 0.222 e. The predicted molar refractivity (Wildman–Crippen MR) is 120 cm³/mol. The van der Waals surface area contributed by atoms with Gasteiger partial charge in [-0.25, -0.2) is 9.37 Å². The maximum Gasteiger partial charge on any atom is 0.222 e. The van der Waals surface area contributed by atoms with E-state index in [2.05, 4.69) is 55.9 Å². The molecular formula is C27H28FNO. The standard InChI is InChI=1S/C27H28FNO/c1-5-27(4,22-15-13-21(14-16-22)20(2)3)17-9-10-24-18-23(28)19-26(29-24)30-25-11-7-6-8-12-25/h1,6-8,11-16,18-20H,9-10,17H2,2-4H3. The SMILES string of the molecule is C#CC(C)(CCCc1cc(F)cc(Oc2ccccc2)n1)c1ccc(C(C)C)cc1. The fourth-order valence-corrected chi connectivity index (χ4v) is 3.47. The number of rotatable bonds is 8. The Morgan fingerprint density at radius 3 is 2.40 bits per heavy atom. The molecule has 1 unspecified atom stereocenters. The lowest BCUT2D eigenvalue weighted by atomic mass is 9.78. The molecule has 0 bridgehead atoms. The predicted octanol–water partition coefficient (Wildman–Crippen LogP) is 7.05. The van der Waals surface area contributed by atoms with Gasteiger partial charge in [0.25, 0.3) is 0 Å². The van der Waals surface area contributed by atoms with Gasteiger partial charge in [-0.05, 0) is 61.4 Å². The third-order valence-electron chi connectivity index (χ3n) is 5.43. The largest absolute Gasteiger partial charge is 0.439 e. The molecule has 0 amide bonds. The molecule has 0 spiro atoms. The van der Waals surface area contributed by atoms with E-state index >= 15 is 0 Å². The highest BCUT2D eigenvalue weighted by Crippen LogP contribution is 2.30. The number of pyridine rings is 1. The summed E-state index contributed by atoms with van der Waals surface area (Å²) in [5, 5.41) is 0. The average molecular weight is 402 g/mol. The molecule has 1 heterocycles. The van der Waals surface area contributed by atoms with E-state index in [9.17, 15) is 4.39 Å². The summed E-state index contributed by atoms with van der Waals surface area (Å²) in [5.41, 5.74) is 2.73. The van der Waals surface area contributed by atoms with Gasteiger partial charge in [0, 0.05) is 11.8 Å². The Bertz CT molecular complexity index is 1010. The van der Waals surface area contributed by atoms with Crippen molar-refractivity contribution in [3.8, 4) is 24.0 Å². The van der Waals surface area contributed by atoms with Crippen molar-refractivity contribution in [1.29, 1.82) is 0 Å². The molecule has 0 aliphatic rings. The quantitative estimate of drug-likeness (QED) is 0.377. The molecule has 0 fully saturated rings. The van der Waals surface area contributed by atoms with Gasteiger partial charge in [-0.2, -0.15) is 0 Å². The summed E-state index contributed by atoms with van der Waals surface area (Å²) < 4.78 is 19.8. The van der Waals surface area contributed by atoms with E-state index in [1.165, 1.54) is 17.7 Å². The number of halogens is 1. The summed E-state index contributed by atoms with van der Waals surface area (Å²) in [6.07, 6.45) is 8.12. The van der Waals surface area contributed by atoms with E-state index in [4.69, 9.17) is 11.2 Å². The Kier molecular flexibility index (Phi) is 6.90. The lowest BCUT2D eigenvalue weighted by Crippen LogP contribution is -2.20. The van der Waals surface area contributed by atoms with Gasteiger partial charge in [-0.1, -0.05) is 62.2 Å². The minimum Gasteiger partial charge on any atom is -0.439 e. The highest BCUT2D eigenvalue weighted by Gasteiger charge is 2.23. The molecule has 0 N–H and O–H groups in total. The molecule has 1 atom stereocenters.